The molecule has 0 radical (unpaired) electrons. The molecule has 0 aromatic heterocycles. The van der Waals surface area contributed by atoms with Gasteiger partial charge in [0, 0.05) is 27.3 Å². The maximum atomic E-state index is 11.8. The van der Waals surface area contributed by atoms with Gasteiger partial charge in [0.1, 0.15) is 0 Å². The Morgan fingerprint density at radius 3 is 2.26 bits per heavy atom. The van der Waals surface area contributed by atoms with Crippen LogP contribution in [0.1, 0.15) is 25.3 Å². The van der Waals surface area contributed by atoms with Gasteiger partial charge in [-0.3, -0.25) is 0 Å². The number of allylic oxidation sites excluding steroid dienone is 2. The van der Waals surface area contributed by atoms with Crippen LogP contribution in [0.25, 0.3) is 0 Å². The third-order valence-electron chi connectivity index (χ3n) is 2.23. The fraction of sp³-hybridized carbons (Fsp3) is 0.308. The van der Waals surface area contributed by atoms with Crippen LogP contribution >= 0.6 is 0 Å². The fourth-order valence-corrected chi connectivity index (χ4v) is 2.16. The smallest absolute Gasteiger partial charge is 0.281 e. The van der Waals surface area contributed by atoms with Gasteiger partial charge in [-0.1, -0.05) is 29.8 Å². The van der Waals surface area contributed by atoms with E-state index in [1.54, 1.807) is 24.3 Å². The summed E-state index contributed by atoms with van der Waals surface area (Å²) in [7, 11) is -3.52. The van der Waals surface area contributed by atoms with E-state index in [0.717, 1.165) is 12.0 Å². The normalized spacial score (nSPS) is 11.3. The molecule has 0 N–H and O–H groups in total. The first kappa shape index (κ1) is 20.9. The first-order chi connectivity index (χ1) is 8.06. The van der Waals surface area contributed by atoms with E-state index in [-0.39, 0.29) is 38.4 Å². The van der Waals surface area contributed by atoms with Gasteiger partial charge in [0.2, 0.25) is 0 Å². The van der Waals surface area contributed by atoms with Crippen molar-refractivity contribution >= 4 is 16.2 Å². The summed E-state index contributed by atoms with van der Waals surface area (Å²) in [4.78, 5) is 0.241. The Labute approximate surface area is 135 Å². The average molecular weight is 482 g/mol. The molecule has 0 amide bonds. The van der Waals surface area contributed by atoms with Crippen molar-refractivity contribution in [2.24, 2.45) is 4.40 Å². The molecule has 0 spiro atoms. The van der Waals surface area contributed by atoms with Gasteiger partial charge in [-0.05, 0) is 38.8 Å². The second-order valence-electron chi connectivity index (χ2n) is 3.72. The quantitative estimate of drug-likeness (QED) is 0.341. The molecule has 0 fully saturated rings. The SMILES string of the molecule is C/C=C/CCC=NS(=O)(=O)c1ccc(C)cc1.[Cl-].[Pt]. The minimum atomic E-state index is -3.52. The predicted octanol–water partition coefficient (Wildman–Crippen LogP) is 0.112. The molecule has 0 saturated carbocycles. The van der Waals surface area contributed by atoms with Gasteiger partial charge < -0.3 is 12.4 Å². The topological polar surface area (TPSA) is 46.5 Å². The molecule has 1 aromatic carbocycles. The summed E-state index contributed by atoms with van der Waals surface area (Å²) in [5.74, 6) is 0. The molecule has 110 valence electrons. The number of benzene rings is 1. The van der Waals surface area contributed by atoms with Crippen molar-refractivity contribution in [2.75, 3.05) is 0 Å². The third kappa shape index (κ3) is 7.66. The molecule has 1 rings (SSSR count). The molecule has 0 atom stereocenters. The maximum Gasteiger partial charge on any atom is 0.281 e. The minimum absolute atomic E-state index is 0. The summed E-state index contributed by atoms with van der Waals surface area (Å²) >= 11 is 0. The second kappa shape index (κ2) is 10.4. The van der Waals surface area contributed by atoms with Crippen LogP contribution in [-0.4, -0.2) is 14.6 Å². The van der Waals surface area contributed by atoms with E-state index >= 15 is 0 Å². The van der Waals surface area contributed by atoms with Crippen LogP contribution < -0.4 is 12.4 Å². The van der Waals surface area contributed by atoms with Gasteiger partial charge >= 0.3 is 0 Å². The number of halogens is 1. The first-order valence-corrected chi connectivity index (χ1v) is 6.97. The van der Waals surface area contributed by atoms with Crippen molar-refractivity contribution in [3.05, 3.63) is 42.0 Å². The zero-order valence-electron chi connectivity index (χ0n) is 10.8. The predicted molar refractivity (Wildman–Crippen MR) is 70.9 cm³/mol. The molecule has 0 aliphatic rings. The Morgan fingerprint density at radius 1 is 1.16 bits per heavy atom. The zero-order valence-corrected chi connectivity index (χ0v) is 14.7. The number of rotatable bonds is 5. The molecule has 6 heteroatoms. The Hall–Kier alpha value is -0.442. The van der Waals surface area contributed by atoms with Crippen molar-refractivity contribution < 1.29 is 41.9 Å². The van der Waals surface area contributed by atoms with Crippen LogP contribution in [0.5, 0.6) is 0 Å². The standard InChI is InChI=1S/C13H17NO2S.ClH.Pt/c1-3-4-5-6-11-14-17(15,16)13-9-7-12(2)8-10-13;;/h3-4,7-11H,5-6H2,1-2H3;1H;/p-1/b4-3+,14-11?;;. The van der Waals surface area contributed by atoms with Crippen molar-refractivity contribution in [3.8, 4) is 0 Å². The molecule has 1 aromatic rings. The van der Waals surface area contributed by atoms with Crippen LogP contribution in [-0.2, 0) is 31.1 Å². The number of aryl methyl sites for hydroxylation is 1. The molecule has 0 aliphatic carbocycles. The number of nitrogens with zero attached hydrogens (tertiary/aromatic N) is 1. The van der Waals surface area contributed by atoms with E-state index < -0.39 is 10.0 Å². The molecule has 0 saturated heterocycles. The number of sulfonamides is 1. The van der Waals surface area contributed by atoms with Crippen molar-refractivity contribution in [1.82, 2.24) is 0 Å². The second-order valence-corrected chi connectivity index (χ2v) is 5.35. The maximum absolute atomic E-state index is 11.8. The van der Waals surface area contributed by atoms with Crippen molar-refractivity contribution in [2.45, 2.75) is 31.6 Å². The number of hydrogen-bond donors (Lipinski definition) is 0. The molecule has 0 heterocycles. The van der Waals surface area contributed by atoms with Gasteiger partial charge in [0.05, 0.1) is 4.90 Å². The summed E-state index contributed by atoms with van der Waals surface area (Å²) in [6.07, 6.45) is 6.81. The van der Waals surface area contributed by atoms with E-state index in [1.807, 2.05) is 26.0 Å². The largest absolute Gasteiger partial charge is 1.00 e. The average Bonchev–Trinajstić information content (AvgIpc) is 2.29. The van der Waals surface area contributed by atoms with Crippen LogP contribution in [0.2, 0.25) is 0 Å². The summed E-state index contributed by atoms with van der Waals surface area (Å²) in [5, 5.41) is 0. The van der Waals surface area contributed by atoms with E-state index in [0.29, 0.717) is 6.42 Å². The van der Waals surface area contributed by atoms with E-state index in [1.165, 1.54) is 6.21 Å². The fourth-order valence-electron chi connectivity index (χ4n) is 1.26. The Kier molecular flexibility index (Phi) is 11.4. The molecule has 19 heavy (non-hydrogen) atoms. The molecule has 0 aliphatic heterocycles. The summed E-state index contributed by atoms with van der Waals surface area (Å²) in [5.41, 5.74) is 1.03. The van der Waals surface area contributed by atoms with Crippen LogP contribution in [0.4, 0.5) is 0 Å². The van der Waals surface area contributed by atoms with Crippen molar-refractivity contribution in [1.29, 1.82) is 0 Å². The number of hydrogen-bond acceptors (Lipinski definition) is 2. The molecular weight excluding hydrogens is 465 g/mol. The van der Waals surface area contributed by atoms with Gasteiger partial charge in [-0.2, -0.15) is 12.8 Å². The number of unbranched alkanes of at least 4 members (excludes halogenated alkanes) is 1. The van der Waals surface area contributed by atoms with Crippen LogP contribution in [0.3, 0.4) is 0 Å². The third-order valence-corrected chi connectivity index (χ3v) is 3.52. The van der Waals surface area contributed by atoms with Gasteiger partial charge in [0.15, 0.2) is 0 Å². The van der Waals surface area contributed by atoms with Crippen LogP contribution in [0.15, 0.2) is 45.7 Å². The van der Waals surface area contributed by atoms with Gasteiger partial charge in [-0.25, -0.2) is 0 Å². The van der Waals surface area contributed by atoms with E-state index in [9.17, 15) is 8.42 Å². The summed E-state index contributed by atoms with van der Waals surface area (Å²) < 4.78 is 27.2. The summed E-state index contributed by atoms with van der Waals surface area (Å²) in [6, 6.07) is 6.69. The Balaban J connectivity index is 0. The molecular formula is C13H17ClNO2PtS-. The monoisotopic (exact) mass is 481 g/mol. The van der Waals surface area contributed by atoms with Gasteiger partial charge in [0.25, 0.3) is 10.0 Å². The Morgan fingerprint density at radius 2 is 1.74 bits per heavy atom. The van der Waals surface area contributed by atoms with E-state index in [2.05, 4.69) is 4.40 Å². The van der Waals surface area contributed by atoms with Crippen molar-refractivity contribution in [3.63, 3.8) is 0 Å². The minimum Gasteiger partial charge on any atom is -1.00 e. The summed E-state index contributed by atoms with van der Waals surface area (Å²) in [6.45, 7) is 3.84. The molecule has 3 nitrogen and oxygen atoms in total. The first-order valence-electron chi connectivity index (χ1n) is 5.53. The van der Waals surface area contributed by atoms with E-state index in [4.69, 9.17) is 0 Å². The Bertz CT molecular complexity index is 510. The molecule has 0 bridgehead atoms. The molecule has 0 unspecified atom stereocenters. The zero-order chi connectivity index (χ0) is 12.7. The van der Waals surface area contributed by atoms with Crippen LogP contribution in [0, 0.1) is 6.92 Å². The van der Waals surface area contributed by atoms with Gasteiger partial charge in [-0.15, -0.1) is 0 Å².